The topological polar surface area (TPSA) is 38.8 Å². The third kappa shape index (κ3) is 5.67. The second kappa shape index (κ2) is 8.70. The number of carbonyl (C=O) groups is 1. The fraction of sp³-hybridized carbons (Fsp3) is 0.500. The van der Waals surface area contributed by atoms with Crippen molar-refractivity contribution in [2.45, 2.75) is 51.7 Å². The normalized spacial score (nSPS) is 20.6. The van der Waals surface area contributed by atoms with Crippen molar-refractivity contribution in [2.75, 3.05) is 20.2 Å². The largest absolute Gasteiger partial charge is 0.444 e. The molecule has 1 aliphatic carbocycles. The fourth-order valence-electron chi connectivity index (χ4n) is 3.18. The first-order chi connectivity index (χ1) is 12.6. The zero-order valence-electron chi connectivity index (χ0n) is 16.8. The van der Waals surface area contributed by atoms with E-state index in [1.54, 1.807) is 19.2 Å². The first-order valence-electron chi connectivity index (χ1n) is 9.28. The Morgan fingerprint density at radius 2 is 2.07 bits per heavy atom. The van der Waals surface area contributed by atoms with Gasteiger partial charge in [-0.05, 0) is 62.0 Å². The molecule has 0 bridgehead atoms. The minimum absolute atomic E-state index is 0.103. The van der Waals surface area contributed by atoms with Gasteiger partial charge in [0.15, 0.2) is 0 Å². The van der Waals surface area contributed by atoms with E-state index in [-0.39, 0.29) is 11.9 Å². The van der Waals surface area contributed by atoms with Crippen LogP contribution in [0.25, 0.3) is 0 Å². The summed E-state index contributed by atoms with van der Waals surface area (Å²) in [6.45, 7) is 14.6. The minimum Gasteiger partial charge on any atom is -0.444 e. The van der Waals surface area contributed by atoms with E-state index in [1.165, 1.54) is 11.0 Å². The molecule has 2 rings (SSSR count). The Morgan fingerprint density at radius 1 is 1.37 bits per heavy atom. The van der Waals surface area contributed by atoms with Crippen LogP contribution in [-0.4, -0.2) is 42.9 Å². The number of nitrogens with zero attached hydrogens (tertiary/aromatic N) is 1. The van der Waals surface area contributed by atoms with Gasteiger partial charge in [0, 0.05) is 13.5 Å². The van der Waals surface area contributed by atoms with Crippen LogP contribution < -0.4 is 0 Å². The molecule has 148 valence electrons. The van der Waals surface area contributed by atoms with Crippen molar-refractivity contribution in [3.05, 3.63) is 59.5 Å². The Labute approximate surface area is 161 Å². The molecule has 1 atom stereocenters. The number of likely N-dealkylation sites (N-methyl/N-ethyl adjacent to an activating group) is 1. The van der Waals surface area contributed by atoms with E-state index in [1.807, 2.05) is 20.8 Å². The van der Waals surface area contributed by atoms with Crippen LogP contribution in [0.3, 0.4) is 0 Å². The first kappa shape index (κ1) is 21.2. The maximum Gasteiger partial charge on any atom is 0.410 e. The molecule has 0 aromatic heterocycles. The van der Waals surface area contributed by atoms with Gasteiger partial charge in [-0.1, -0.05) is 25.3 Å². The average Bonchev–Trinajstić information content (AvgIpc) is 2.60. The summed E-state index contributed by atoms with van der Waals surface area (Å²) in [6.07, 6.45) is 6.15. The van der Waals surface area contributed by atoms with Gasteiger partial charge in [0.25, 0.3) is 0 Å². The second-order valence-electron chi connectivity index (χ2n) is 7.89. The van der Waals surface area contributed by atoms with E-state index < -0.39 is 11.7 Å². The lowest BCUT2D eigenvalue weighted by molar-refractivity contribution is 0.0104. The molecule has 0 N–H and O–H groups in total. The van der Waals surface area contributed by atoms with Gasteiger partial charge in [-0.15, -0.1) is 0 Å². The molecule has 0 radical (unpaired) electrons. The first-order valence-corrected chi connectivity index (χ1v) is 9.28. The van der Waals surface area contributed by atoms with Crippen molar-refractivity contribution >= 4 is 6.09 Å². The van der Waals surface area contributed by atoms with Crippen LogP contribution in [-0.2, 0) is 9.47 Å². The number of hydrogen-bond acceptors (Lipinski definition) is 3. The Balaban J connectivity index is 2.18. The highest BCUT2D eigenvalue weighted by molar-refractivity contribution is 5.68. The summed E-state index contributed by atoms with van der Waals surface area (Å²) in [6, 6.07) is 0. The summed E-state index contributed by atoms with van der Waals surface area (Å²) in [5, 5.41) is 0. The zero-order valence-corrected chi connectivity index (χ0v) is 16.8. The van der Waals surface area contributed by atoms with Gasteiger partial charge in [0.05, 0.1) is 13.2 Å². The van der Waals surface area contributed by atoms with Gasteiger partial charge < -0.3 is 14.4 Å². The standard InChI is InChI=1S/C22H30FNO3/c1-7-18-19(15(2)16-8-10-17(23)11-9-16)12-13-26-20(18)14-24(6)21(25)27-22(3,4)5/h7-8,10,20H,1-2,9,11-14H2,3-6H3. The van der Waals surface area contributed by atoms with Crippen molar-refractivity contribution in [1.82, 2.24) is 4.90 Å². The van der Waals surface area contributed by atoms with Gasteiger partial charge in [0.1, 0.15) is 17.5 Å². The zero-order chi connectivity index (χ0) is 20.2. The van der Waals surface area contributed by atoms with Crippen molar-refractivity contribution < 1.29 is 18.7 Å². The summed E-state index contributed by atoms with van der Waals surface area (Å²) < 4.78 is 24.6. The predicted octanol–water partition coefficient (Wildman–Crippen LogP) is 5.25. The number of carbonyl (C=O) groups excluding carboxylic acids is 1. The summed E-state index contributed by atoms with van der Waals surface area (Å²) in [5.41, 5.74) is 3.39. The highest BCUT2D eigenvalue weighted by atomic mass is 19.1. The van der Waals surface area contributed by atoms with E-state index in [2.05, 4.69) is 13.2 Å². The number of halogens is 1. The predicted molar refractivity (Wildman–Crippen MR) is 106 cm³/mol. The summed E-state index contributed by atoms with van der Waals surface area (Å²) in [5.74, 6) is -0.103. The lowest BCUT2D eigenvalue weighted by Gasteiger charge is -2.32. The third-order valence-electron chi connectivity index (χ3n) is 4.58. The van der Waals surface area contributed by atoms with Gasteiger partial charge in [0.2, 0.25) is 0 Å². The molecule has 0 saturated heterocycles. The van der Waals surface area contributed by atoms with Crippen LogP contribution >= 0.6 is 0 Å². The van der Waals surface area contributed by atoms with Gasteiger partial charge in [-0.25, -0.2) is 9.18 Å². The van der Waals surface area contributed by atoms with E-state index in [4.69, 9.17) is 9.47 Å². The summed E-state index contributed by atoms with van der Waals surface area (Å²) in [4.78, 5) is 13.8. The smallest absolute Gasteiger partial charge is 0.410 e. The second-order valence-corrected chi connectivity index (χ2v) is 7.89. The van der Waals surface area contributed by atoms with Gasteiger partial charge in [-0.3, -0.25) is 0 Å². The molecule has 5 heteroatoms. The Kier molecular flexibility index (Phi) is 6.82. The summed E-state index contributed by atoms with van der Waals surface area (Å²) >= 11 is 0. The summed E-state index contributed by atoms with van der Waals surface area (Å²) in [7, 11) is 1.69. The monoisotopic (exact) mass is 375 g/mol. The van der Waals surface area contributed by atoms with Crippen LogP contribution in [0, 0.1) is 0 Å². The van der Waals surface area contributed by atoms with Crippen LogP contribution in [0.15, 0.2) is 59.5 Å². The lowest BCUT2D eigenvalue weighted by atomic mass is 9.86. The Bertz CT molecular complexity index is 710. The molecule has 0 saturated carbocycles. The van der Waals surface area contributed by atoms with Crippen LogP contribution in [0.4, 0.5) is 9.18 Å². The molecule has 1 unspecified atom stereocenters. The van der Waals surface area contributed by atoms with Crippen molar-refractivity contribution in [2.24, 2.45) is 0 Å². The SMILES string of the molecule is C=CC1=C(C(=C)C2=CC=C(F)CC2)CCOC1CN(C)C(=O)OC(C)(C)C. The van der Waals surface area contributed by atoms with E-state index in [9.17, 15) is 9.18 Å². The molecule has 1 heterocycles. The quantitative estimate of drug-likeness (QED) is 0.658. The molecular weight excluding hydrogens is 345 g/mol. The van der Waals surface area contributed by atoms with Crippen LogP contribution in [0.2, 0.25) is 0 Å². The van der Waals surface area contributed by atoms with Gasteiger partial charge in [-0.2, -0.15) is 0 Å². The molecule has 27 heavy (non-hydrogen) atoms. The molecule has 0 fully saturated rings. The number of hydrogen-bond donors (Lipinski definition) is 0. The third-order valence-corrected chi connectivity index (χ3v) is 4.58. The maximum absolute atomic E-state index is 13.3. The highest BCUT2D eigenvalue weighted by Crippen LogP contribution is 2.34. The number of ether oxygens (including phenoxy) is 2. The van der Waals surface area contributed by atoms with Crippen LogP contribution in [0.1, 0.15) is 40.0 Å². The molecule has 1 aliphatic heterocycles. The van der Waals surface area contributed by atoms with Gasteiger partial charge >= 0.3 is 6.09 Å². The average molecular weight is 375 g/mol. The molecule has 4 nitrogen and oxygen atoms in total. The molecule has 0 spiro atoms. The van der Waals surface area contributed by atoms with Crippen molar-refractivity contribution in [3.63, 3.8) is 0 Å². The van der Waals surface area contributed by atoms with Crippen molar-refractivity contribution in [3.8, 4) is 0 Å². The molecule has 1 amide bonds. The minimum atomic E-state index is -0.550. The maximum atomic E-state index is 13.3. The molecule has 0 aromatic carbocycles. The highest BCUT2D eigenvalue weighted by Gasteiger charge is 2.28. The van der Waals surface area contributed by atoms with Crippen LogP contribution in [0.5, 0.6) is 0 Å². The number of rotatable bonds is 5. The Hall–Kier alpha value is -2.14. The van der Waals surface area contributed by atoms with E-state index in [0.29, 0.717) is 26.0 Å². The lowest BCUT2D eigenvalue weighted by Crippen LogP contribution is -2.41. The molecule has 2 aliphatic rings. The van der Waals surface area contributed by atoms with E-state index >= 15 is 0 Å². The van der Waals surface area contributed by atoms with E-state index in [0.717, 1.165) is 28.7 Å². The number of amides is 1. The van der Waals surface area contributed by atoms with Crippen molar-refractivity contribution in [1.29, 1.82) is 0 Å². The number of allylic oxidation sites excluding steroid dienone is 5. The fourth-order valence-corrected chi connectivity index (χ4v) is 3.18. The molecular formula is C22H30FNO3. The molecule has 0 aromatic rings. The Morgan fingerprint density at radius 3 is 2.63 bits per heavy atom.